The molecule has 3 rings (SSSR count). The molecule has 0 saturated heterocycles. The monoisotopic (exact) mass is 278 g/mol. The molecular formula is C16H23ClN2. The molecule has 3 heteroatoms. The quantitative estimate of drug-likeness (QED) is 0.776. The van der Waals surface area contributed by atoms with E-state index in [4.69, 9.17) is 11.6 Å². The zero-order valence-corrected chi connectivity index (χ0v) is 12.2. The van der Waals surface area contributed by atoms with Crippen LogP contribution in [0.25, 0.3) is 0 Å². The maximum atomic E-state index is 5.99. The fraction of sp³-hybridized carbons (Fsp3) is 0.625. The summed E-state index contributed by atoms with van der Waals surface area (Å²) < 4.78 is 0. The van der Waals surface area contributed by atoms with Gasteiger partial charge < -0.3 is 10.2 Å². The molecule has 0 radical (unpaired) electrons. The molecule has 0 atom stereocenters. The summed E-state index contributed by atoms with van der Waals surface area (Å²) in [6, 6.07) is 7.99. The molecule has 0 unspecified atom stereocenters. The highest BCUT2D eigenvalue weighted by Gasteiger charge is 2.28. The predicted octanol–water partition coefficient (Wildman–Crippen LogP) is 3.87. The lowest BCUT2D eigenvalue weighted by Gasteiger charge is -2.22. The lowest BCUT2D eigenvalue weighted by atomic mass is 10.3. The molecule has 0 heterocycles. The molecule has 1 N–H and O–H groups in total. The van der Waals surface area contributed by atoms with Crippen molar-refractivity contribution in [3.63, 3.8) is 0 Å². The molecule has 0 bridgehead atoms. The van der Waals surface area contributed by atoms with Gasteiger partial charge in [-0.15, -0.1) is 0 Å². The Morgan fingerprint density at radius 3 is 2.37 bits per heavy atom. The number of nitrogens with one attached hydrogen (secondary N) is 1. The second-order valence-corrected chi connectivity index (χ2v) is 6.52. The summed E-state index contributed by atoms with van der Waals surface area (Å²) >= 11 is 5.99. The van der Waals surface area contributed by atoms with E-state index >= 15 is 0 Å². The summed E-state index contributed by atoms with van der Waals surface area (Å²) in [4.78, 5) is 2.66. The Morgan fingerprint density at radius 2 is 1.79 bits per heavy atom. The number of halogens is 1. The minimum absolute atomic E-state index is 0.804. The van der Waals surface area contributed by atoms with E-state index in [0.717, 1.165) is 35.6 Å². The molecule has 1 aromatic carbocycles. The van der Waals surface area contributed by atoms with Gasteiger partial charge in [0.15, 0.2) is 0 Å². The van der Waals surface area contributed by atoms with Gasteiger partial charge in [0.25, 0.3) is 0 Å². The highest BCUT2D eigenvalue weighted by atomic mass is 35.5. The Bertz CT molecular complexity index is 399. The van der Waals surface area contributed by atoms with E-state index in [1.807, 2.05) is 18.2 Å². The molecule has 2 nitrogen and oxygen atoms in total. The van der Waals surface area contributed by atoms with Crippen molar-refractivity contribution in [2.75, 3.05) is 31.5 Å². The molecule has 2 aliphatic rings. The number of hydrogen-bond acceptors (Lipinski definition) is 2. The summed E-state index contributed by atoms with van der Waals surface area (Å²) in [5, 5.41) is 4.28. The summed E-state index contributed by atoms with van der Waals surface area (Å²) in [5.41, 5.74) is 1.13. The predicted molar refractivity (Wildman–Crippen MR) is 81.8 cm³/mol. The number of benzene rings is 1. The van der Waals surface area contributed by atoms with E-state index in [0.29, 0.717) is 0 Å². The van der Waals surface area contributed by atoms with E-state index in [-0.39, 0.29) is 0 Å². The van der Waals surface area contributed by atoms with Crippen LogP contribution >= 0.6 is 11.6 Å². The SMILES string of the molecule is Clc1cccc(NCCN(CC2CC2)CC2CC2)c1. The maximum Gasteiger partial charge on any atom is 0.0426 e. The van der Waals surface area contributed by atoms with Crippen LogP contribution in [-0.2, 0) is 0 Å². The highest BCUT2D eigenvalue weighted by Crippen LogP contribution is 2.33. The van der Waals surface area contributed by atoms with E-state index in [9.17, 15) is 0 Å². The zero-order valence-electron chi connectivity index (χ0n) is 11.4. The van der Waals surface area contributed by atoms with Gasteiger partial charge in [0.1, 0.15) is 0 Å². The van der Waals surface area contributed by atoms with Crippen molar-refractivity contribution >= 4 is 17.3 Å². The van der Waals surface area contributed by atoms with Gasteiger partial charge in [-0.3, -0.25) is 0 Å². The Hall–Kier alpha value is -0.730. The van der Waals surface area contributed by atoms with Crippen molar-refractivity contribution in [3.8, 4) is 0 Å². The lowest BCUT2D eigenvalue weighted by Crippen LogP contribution is -2.32. The minimum atomic E-state index is 0.804. The fourth-order valence-electron chi connectivity index (χ4n) is 2.55. The molecule has 19 heavy (non-hydrogen) atoms. The number of anilines is 1. The van der Waals surface area contributed by atoms with Gasteiger partial charge in [0.05, 0.1) is 0 Å². The Labute approximate surface area is 121 Å². The van der Waals surface area contributed by atoms with Crippen molar-refractivity contribution in [2.24, 2.45) is 11.8 Å². The van der Waals surface area contributed by atoms with Crippen molar-refractivity contribution in [1.29, 1.82) is 0 Å². The highest BCUT2D eigenvalue weighted by molar-refractivity contribution is 6.30. The van der Waals surface area contributed by atoms with Gasteiger partial charge >= 0.3 is 0 Å². The summed E-state index contributed by atoms with van der Waals surface area (Å²) in [7, 11) is 0. The van der Waals surface area contributed by atoms with Crippen LogP contribution in [0, 0.1) is 11.8 Å². The zero-order chi connectivity index (χ0) is 13.1. The summed E-state index contributed by atoms with van der Waals surface area (Å²) in [5.74, 6) is 1.98. The molecule has 0 amide bonds. The minimum Gasteiger partial charge on any atom is -0.384 e. The molecule has 0 aliphatic heterocycles. The molecular weight excluding hydrogens is 256 g/mol. The van der Waals surface area contributed by atoms with Crippen LogP contribution < -0.4 is 5.32 Å². The third-order valence-electron chi connectivity index (χ3n) is 4.01. The van der Waals surface area contributed by atoms with E-state index < -0.39 is 0 Å². The molecule has 2 aliphatic carbocycles. The van der Waals surface area contributed by atoms with Crippen LogP contribution in [0.4, 0.5) is 5.69 Å². The van der Waals surface area contributed by atoms with Crippen molar-refractivity contribution < 1.29 is 0 Å². The molecule has 1 aromatic rings. The van der Waals surface area contributed by atoms with Crippen LogP contribution in [0.15, 0.2) is 24.3 Å². The first-order valence-electron chi connectivity index (χ1n) is 7.51. The fourth-order valence-corrected chi connectivity index (χ4v) is 2.74. The molecule has 0 spiro atoms. The molecule has 104 valence electrons. The first-order valence-corrected chi connectivity index (χ1v) is 7.89. The van der Waals surface area contributed by atoms with Crippen LogP contribution in [0.2, 0.25) is 5.02 Å². The van der Waals surface area contributed by atoms with Gasteiger partial charge in [0, 0.05) is 36.9 Å². The number of hydrogen-bond donors (Lipinski definition) is 1. The standard InChI is InChI=1S/C16H23ClN2/c17-15-2-1-3-16(10-15)18-8-9-19(11-13-4-5-13)12-14-6-7-14/h1-3,10,13-14,18H,4-9,11-12H2. The Morgan fingerprint density at radius 1 is 1.11 bits per heavy atom. The van der Waals surface area contributed by atoms with Crippen LogP contribution in [0.1, 0.15) is 25.7 Å². The first kappa shape index (κ1) is 13.3. The third kappa shape index (κ3) is 4.70. The van der Waals surface area contributed by atoms with Gasteiger partial charge in [-0.05, 0) is 55.7 Å². The normalized spacial score (nSPS) is 18.8. The summed E-state index contributed by atoms with van der Waals surface area (Å²) in [6.07, 6.45) is 5.79. The van der Waals surface area contributed by atoms with Crippen molar-refractivity contribution in [1.82, 2.24) is 4.90 Å². The smallest absolute Gasteiger partial charge is 0.0426 e. The van der Waals surface area contributed by atoms with Crippen molar-refractivity contribution in [3.05, 3.63) is 29.3 Å². The topological polar surface area (TPSA) is 15.3 Å². The second kappa shape index (κ2) is 6.15. The van der Waals surface area contributed by atoms with Crippen LogP contribution in [0.3, 0.4) is 0 Å². The van der Waals surface area contributed by atoms with E-state index in [2.05, 4.69) is 16.3 Å². The lowest BCUT2D eigenvalue weighted by molar-refractivity contribution is 0.262. The van der Waals surface area contributed by atoms with Gasteiger partial charge in [-0.25, -0.2) is 0 Å². The summed E-state index contributed by atoms with van der Waals surface area (Å²) in [6.45, 7) is 4.79. The Balaban J connectivity index is 1.42. The third-order valence-corrected chi connectivity index (χ3v) is 4.24. The first-order chi connectivity index (χ1) is 9.29. The second-order valence-electron chi connectivity index (χ2n) is 6.08. The number of nitrogens with zero attached hydrogens (tertiary/aromatic N) is 1. The van der Waals surface area contributed by atoms with Crippen molar-refractivity contribution in [2.45, 2.75) is 25.7 Å². The van der Waals surface area contributed by atoms with Crippen LogP contribution in [-0.4, -0.2) is 31.1 Å². The largest absolute Gasteiger partial charge is 0.384 e. The van der Waals surface area contributed by atoms with Crippen LogP contribution in [0.5, 0.6) is 0 Å². The maximum absolute atomic E-state index is 5.99. The molecule has 0 aromatic heterocycles. The Kier molecular flexibility index (Phi) is 4.29. The van der Waals surface area contributed by atoms with Gasteiger partial charge in [-0.2, -0.15) is 0 Å². The number of rotatable bonds is 8. The average molecular weight is 279 g/mol. The molecule has 2 fully saturated rings. The van der Waals surface area contributed by atoms with Gasteiger partial charge in [-0.1, -0.05) is 17.7 Å². The van der Waals surface area contributed by atoms with E-state index in [1.54, 1.807) is 0 Å². The average Bonchev–Trinajstić information content (AvgIpc) is 3.25. The van der Waals surface area contributed by atoms with E-state index in [1.165, 1.54) is 38.8 Å². The van der Waals surface area contributed by atoms with Gasteiger partial charge in [0.2, 0.25) is 0 Å². The molecule has 2 saturated carbocycles.